The highest BCUT2D eigenvalue weighted by atomic mass is 16.2. The molecular formula is C12H18N4O2. The smallest absolute Gasteiger partial charge is 0.319 e. The molecule has 1 aromatic carbocycles. The molecule has 3 amide bonds. The molecule has 0 aliphatic rings. The lowest BCUT2D eigenvalue weighted by Gasteiger charge is -2.11. The van der Waals surface area contributed by atoms with Crippen LogP contribution in [0.25, 0.3) is 0 Å². The molecule has 6 nitrogen and oxygen atoms in total. The van der Waals surface area contributed by atoms with Gasteiger partial charge in [-0.3, -0.25) is 4.79 Å². The second-order valence-electron chi connectivity index (χ2n) is 4.04. The molecule has 0 bridgehead atoms. The van der Waals surface area contributed by atoms with Crippen LogP contribution in [-0.4, -0.2) is 37.5 Å². The van der Waals surface area contributed by atoms with Crippen LogP contribution in [0.2, 0.25) is 0 Å². The van der Waals surface area contributed by atoms with Crippen LogP contribution in [0.3, 0.4) is 0 Å². The molecule has 1 aromatic rings. The molecule has 98 valence electrons. The fourth-order valence-electron chi connectivity index (χ4n) is 1.30. The summed E-state index contributed by atoms with van der Waals surface area (Å²) in [6, 6.07) is 6.53. The summed E-state index contributed by atoms with van der Waals surface area (Å²) in [7, 11) is 3.35. The minimum absolute atomic E-state index is 0.0285. The Hall–Kier alpha value is -2.24. The number of anilines is 2. The first kappa shape index (κ1) is 13.8. The number of nitrogens with two attached hydrogens (primary N) is 1. The molecule has 0 saturated carbocycles. The first-order chi connectivity index (χ1) is 8.49. The Bertz CT molecular complexity index is 432. The van der Waals surface area contributed by atoms with E-state index in [9.17, 15) is 9.59 Å². The summed E-state index contributed by atoms with van der Waals surface area (Å²) in [5.74, 6) is -0.0285. The van der Waals surface area contributed by atoms with Crippen molar-refractivity contribution >= 4 is 23.3 Å². The molecule has 0 saturated heterocycles. The van der Waals surface area contributed by atoms with E-state index >= 15 is 0 Å². The number of hydrogen-bond donors (Lipinski definition) is 3. The van der Waals surface area contributed by atoms with Gasteiger partial charge in [0.05, 0.1) is 0 Å². The molecule has 0 aliphatic carbocycles. The highest BCUT2D eigenvalue weighted by Crippen LogP contribution is 2.11. The molecular weight excluding hydrogens is 232 g/mol. The van der Waals surface area contributed by atoms with Crippen molar-refractivity contribution < 1.29 is 9.59 Å². The van der Waals surface area contributed by atoms with Gasteiger partial charge in [0.25, 0.3) is 0 Å². The van der Waals surface area contributed by atoms with Crippen LogP contribution in [0.4, 0.5) is 16.2 Å². The second-order valence-corrected chi connectivity index (χ2v) is 4.04. The van der Waals surface area contributed by atoms with Crippen molar-refractivity contribution in [2.24, 2.45) is 0 Å². The SMILES string of the molecule is CN(C)C(=O)CCNC(=O)Nc1cccc(N)c1. The normalized spacial score (nSPS) is 9.67. The summed E-state index contributed by atoms with van der Waals surface area (Å²) >= 11 is 0. The number of nitrogen functional groups attached to an aromatic ring is 1. The predicted octanol–water partition coefficient (Wildman–Crippen LogP) is 0.869. The van der Waals surface area contributed by atoms with Crippen molar-refractivity contribution in [1.29, 1.82) is 0 Å². The Kier molecular flexibility index (Phi) is 4.98. The highest BCUT2D eigenvalue weighted by Gasteiger charge is 2.05. The standard InChI is InChI=1S/C12H18N4O2/c1-16(2)11(17)6-7-14-12(18)15-10-5-3-4-9(13)8-10/h3-5,8H,6-7,13H2,1-2H3,(H2,14,15,18). The lowest BCUT2D eigenvalue weighted by atomic mass is 10.3. The minimum Gasteiger partial charge on any atom is -0.399 e. The molecule has 0 fully saturated rings. The van der Waals surface area contributed by atoms with Crippen LogP contribution in [0.5, 0.6) is 0 Å². The van der Waals surface area contributed by atoms with Crippen LogP contribution in [0.15, 0.2) is 24.3 Å². The second kappa shape index (κ2) is 6.48. The minimum atomic E-state index is -0.354. The van der Waals surface area contributed by atoms with E-state index in [-0.39, 0.29) is 18.4 Å². The third kappa shape index (κ3) is 4.73. The summed E-state index contributed by atoms with van der Waals surface area (Å²) in [6.45, 7) is 0.297. The number of hydrogen-bond acceptors (Lipinski definition) is 3. The van der Waals surface area contributed by atoms with Crippen molar-refractivity contribution in [3.8, 4) is 0 Å². The van der Waals surface area contributed by atoms with Crippen LogP contribution in [0, 0.1) is 0 Å². The summed E-state index contributed by atoms with van der Waals surface area (Å²) in [6.07, 6.45) is 0.275. The van der Waals surface area contributed by atoms with Crippen LogP contribution in [0.1, 0.15) is 6.42 Å². The largest absolute Gasteiger partial charge is 0.399 e. The van der Waals surface area contributed by atoms with Gasteiger partial charge in [-0.1, -0.05) is 6.07 Å². The zero-order valence-electron chi connectivity index (χ0n) is 10.6. The third-order valence-corrected chi connectivity index (χ3v) is 2.27. The number of rotatable bonds is 4. The van der Waals surface area contributed by atoms with Crippen molar-refractivity contribution in [3.05, 3.63) is 24.3 Å². The van der Waals surface area contributed by atoms with Crippen LogP contribution < -0.4 is 16.4 Å². The van der Waals surface area contributed by atoms with E-state index in [0.29, 0.717) is 17.9 Å². The molecule has 18 heavy (non-hydrogen) atoms. The van der Waals surface area contributed by atoms with Gasteiger partial charge in [0.2, 0.25) is 5.91 Å². The Morgan fingerprint density at radius 2 is 2.06 bits per heavy atom. The Labute approximate surface area is 106 Å². The molecule has 0 unspecified atom stereocenters. The van der Waals surface area contributed by atoms with Gasteiger partial charge in [0, 0.05) is 38.4 Å². The Morgan fingerprint density at radius 3 is 2.67 bits per heavy atom. The van der Waals surface area contributed by atoms with Crippen LogP contribution in [-0.2, 0) is 4.79 Å². The Balaban J connectivity index is 2.32. The van der Waals surface area contributed by atoms with Gasteiger partial charge in [0.15, 0.2) is 0 Å². The average Bonchev–Trinajstić information content (AvgIpc) is 2.28. The maximum absolute atomic E-state index is 11.5. The van der Waals surface area contributed by atoms with E-state index in [1.165, 1.54) is 4.90 Å². The summed E-state index contributed by atoms with van der Waals surface area (Å²) in [4.78, 5) is 24.2. The fraction of sp³-hybridized carbons (Fsp3) is 0.333. The molecule has 4 N–H and O–H groups in total. The van der Waals surface area contributed by atoms with Crippen molar-refractivity contribution in [3.63, 3.8) is 0 Å². The lowest BCUT2D eigenvalue weighted by Crippen LogP contribution is -2.33. The van der Waals surface area contributed by atoms with E-state index in [2.05, 4.69) is 10.6 Å². The number of carbonyl (C=O) groups is 2. The van der Waals surface area contributed by atoms with E-state index in [1.54, 1.807) is 38.4 Å². The number of nitrogens with one attached hydrogen (secondary N) is 2. The molecule has 0 spiro atoms. The first-order valence-electron chi connectivity index (χ1n) is 5.59. The van der Waals surface area contributed by atoms with Gasteiger partial charge in [-0.25, -0.2) is 4.79 Å². The Morgan fingerprint density at radius 1 is 1.33 bits per heavy atom. The number of amides is 3. The quantitative estimate of drug-likeness (QED) is 0.693. The van der Waals surface area contributed by atoms with Gasteiger partial charge < -0.3 is 21.3 Å². The number of nitrogens with zero attached hydrogens (tertiary/aromatic N) is 1. The lowest BCUT2D eigenvalue weighted by molar-refractivity contribution is -0.128. The van der Waals surface area contributed by atoms with Crippen molar-refractivity contribution in [1.82, 2.24) is 10.2 Å². The molecule has 0 aromatic heterocycles. The maximum atomic E-state index is 11.5. The zero-order chi connectivity index (χ0) is 13.5. The number of benzene rings is 1. The van der Waals surface area contributed by atoms with Crippen molar-refractivity contribution in [2.75, 3.05) is 31.7 Å². The molecule has 0 radical (unpaired) electrons. The predicted molar refractivity (Wildman–Crippen MR) is 71.2 cm³/mol. The molecule has 0 atom stereocenters. The monoisotopic (exact) mass is 250 g/mol. The molecule has 0 heterocycles. The fourth-order valence-corrected chi connectivity index (χ4v) is 1.30. The molecule has 1 rings (SSSR count). The first-order valence-corrected chi connectivity index (χ1v) is 5.59. The van der Waals surface area contributed by atoms with E-state index < -0.39 is 0 Å². The highest BCUT2D eigenvalue weighted by molar-refractivity contribution is 5.90. The van der Waals surface area contributed by atoms with E-state index in [1.807, 2.05) is 0 Å². The summed E-state index contributed by atoms with van der Waals surface area (Å²) in [5.41, 5.74) is 6.78. The van der Waals surface area contributed by atoms with E-state index in [0.717, 1.165) is 0 Å². The van der Waals surface area contributed by atoms with Crippen molar-refractivity contribution in [2.45, 2.75) is 6.42 Å². The topological polar surface area (TPSA) is 87.5 Å². The van der Waals surface area contributed by atoms with Gasteiger partial charge >= 0.3 is 6.03 Å². The molecule has 0 aliphatic heterocycles. The van der Waals surface area contributed by atoms with Gasteiger partial charge in [-0.2, -0.15) is 0 Å². The maximum Gasteiger partial charge on any atom is 0.319 e. The average molecular weight is 250 g/mol. The van der Waals surface area contributed by atoms with E-state index in [4.69, 9.17) is 5.73 Å². The van der Waals surface area contributed by atoms with Gasteiger partial charge in [-0.05, 0) is 18.2 Å². The zero-order valence-corrected chi connectivity index (χ0v) is 10.6. The summed E-state index contributed by atoms with van der Waals surface area (Å²) < 4.78 is 0. The van der Waals surface area contributed by atoms with Crippen LogP contribution >= 0.6 is 0 Å². The third-order valence-electron chi connectivity index (χ3n) is 2.27. The summed E-state index contributed by atoms with van der Waals surface area (Å²) in [5, 5.41) is 5.23. The number of carbonyl (C=O) groups excluding carboxylic acids is 2. The molecule has 6 heteroatoms. The number of urea groups is 1. The van der Waals surface area contributed by atoms with Gasteiger partial charge in [-0.15, -0.1) is 0 Å². The van der Waals surface area contributed by atoms with Gasteiger partial charge in [0.1, 0.15) is 0 Å².